The molecule has 1 heterocycles. The van der Waals surface area contributed by atoms with Gasteiger partial charge in [-0.15, -0.1) is 11.8 Å². The summed E-state index contributed by atoms with van der Waals surface area (Å²) < 4.78 is 4.95. The number of thioether (sulfide) groups is 1. The minimum Gasteiger partial charge on any atom is -0.444 e. The summed E-state index contributed by atoms with van der Waals surface area (Å²) in [7, 11) is 0. The third-order valence-electron chi connectivity index (χ3n) is 1.26. The molecule has 2 nitrogen and oxygen atoms in total. The maximum absolute atomic E-state index is 10.8. The van der Waals surface area contributed by atoms with Gasteiger partial charge < -0.3 is 4.74 Å². The topological polar surface area (TPSA) is 26.3 Å². The molecule has 0 saturated carbocycles. The van der Waals surface area contributed by atoms with Gasteiger partial charge in [-0.3, -0.25) is 0 Å². The molecule has 56 valence electrons. The Kier molecular flexibility index (Phi) is 2.38. The largest absolute Gasteiger partial charge is 0.444 e. The van der Waals surface area contributed by atoms with Crippen molar-refractivity contribution in [3.63, 3.8) is 0 Å². The molecule has 1 aliphatic heterocycles. The van der Waals surface area contributed by atoms with Crippen LogP contribution < -0.4 is 0 Å². The van der Waals surface area contributed by atoms with E-state index in [1.165, 1.54) is 0 Å². The zero-order valence-corrected chi connectivity index (χ0v) is 6.90. The molecule has 0 fully saturated rings. The number of esters is 1. The van der Waals surface area contributed by atoms with Crippen molar-refractivity contribution < 1.29 is 9.53 Å². The molecule has 0 aromatic carbocycles. The zero-order valence-electron chi connectivity index (χ0n) is 6.09. The van der Waals surface area contributed by atoms with Crippen LogP contribution in [0.2, 0.25) is 0 Å². The molecule has 1 unspecified atom stereocenters. The van der Waals surface area contributed by atoms with E-state index in [9.17, 15) is 4.79 Å². The van der Waals surface area contributed by atoms with E-state index < -0.39 is 0 Å². The first-order valence-corrected chi connectivity index (χ1v) is 4.30. The number of cyclic esters (lactones) is 1. The zero-order chi connectivity index (χ0) is 7.56. The van der Waals surface area contributed by atoms with Gasteiger partial charge in [-0.1, -0.05) is 6.92 Å². The number of hydrogen-bond donors (Lipinski definition) is 0. The summed E-state index contributed by atoms with van der Waals surface area (Å²) in [5.74, 6) is 0.799. The van der Waals surface area contributed by atoms with Gasteiger partial charge in [-0.25, -0.2) is 4.79 Å². The summed E-state index contributed by atoms with van der Waals surface area (Å²) in [5.41, 5.74) is 0.698. The van der Waals surface area contributed by atoms with Gasteiger partial charge in [0.2, 0.25) is 0 Å². The van der Waals surface area contributed by atoms with Crippen molar-refractivity contribution in [3.8, 4) is 0 Å². The normalized spacial score (nSPS) is 24.4. The van der Waals surface area contributed by atoms with E-state index in [-0.39, 0.29) is 11.4 Å². The first-order valence-electron chi connectivity index (χ1n) is 3.25. The van der Waals surface area contributed by atoms with Crippen LogP contribution in [-0.2, 0) is 9.53 Å². The van der Waals surface area contributed by atoms with Crippen LogP contribution in [0.3, 0.4) is 0 Å². The molecule has 1 atom stereocenters. The molecule has 10 heavy (non-hydrogen) atoms. The average Bonchev–Trinajstić information content (AvgIpc) is 2.14. The van der Waals surface area contributed by atoms with Gasteiger partial charge in [0.15, 0.2) is 5.44 Å². The molecule has 0 amide bonds. The first-order chi connectivity index (χ1) is 4.74. The Balaban J connectivity index is 2.48. The summed E-state index contributed by atoms with van der Waals surface area (Å²) in [6.45, 7) is 3.82. The van der Waals surface area contributed by atoms with Crippen molar-refractivity contribution in [2.75, 3.05) is 5.75 Å². The van der Waals surface area contributed by atoms with E-state index in [2.05, 4.69) is 0 Å². The fourth-order valence-electron chi connectivity index (χ4n) is 0.751. The van der Waals surface area contributed by atoms with Crippen molar-refractivity contribution in [3.05, 3.63) is 11.6 Å². The van der Waals surface area contributed by atoms with Gasteiger partial charge >= 0.3 is 5.97 Å². The lowest BCUT2D eigenvalue weighted by Gasteiger charge is -2.03. The quantitative estimate of drug-likeness (QED) is 0.570. The molecule has 1 aliphatic rings. The molecular formula is C7H10O2S. The van der Waals surface area contributed by atoms with Crippen LogP contribution in [0, 0.1) is 0 Å². The third kappa shape index (κ3) is 1.53. The fourth-order valence-corrected chi connectivity index (χ4v) is 1.54. The van der Waals surface area contributed by atoms with Gasteiger partial charge in [0, 0.05) is 5.57 Å². The molecule has 0 N–H and O–H groups in total. The van der Waals surface area contributed by atoms with Gasteiger partial charge in [-0.05, 0) is 18.8 Å². The molecule has 0 radical (unpaired) electrons. The lowest BCUT2D eigenvalue weighted by Crippen LogP contribution is -2.03. The summed E-state index contributed by atoms with van der Waals surface area (Å²) >= 11 is 1.63. The molecule has 0 aromatic rings. The molecule has 0 aliphatic carbocycles. The molecule has 0 bridgehead atoms. The Morgan fingerprint density at radius 2 is 2.50 bits per heavy atom. The minimum atomic E-state index is -0.175. The second-order valence-electron chi connectivity index (χ2n) is 2.08. The van der Waals surface area contributed by atoms with Crippen LogP contribution in [0.1, 0.15) is 13.8 Å². The monoisotopic (exact) mass is 158 g/mol. The van der Waals surface area contributed by atoms with Crippen molar-refractivity contribution in [2.45, 2.75) is 19.3 Å². The van der Waals surface area contributed by atoms with Crippen LogP contribution >= 0.6 is 11.8 Å². The van der Waals surface area contributed by atoms with Gasteiger partial charge in [0.05, 0.1) is 0 Å². The number of rotatable bonds is 2. The molecule has 0 aromatic heterocycles. The highest BCUT2D eigenvalue weighted by Crippen LogP contribution is 2.22. The third-order valence-corrected chi connectivity index (χ3v) is 2.16. The second kappa shape index (κ2) is 3.10. The van der Waals surface area contributed by atoms with Crippen LogP contribution in [0.15, 0.2) is 11.6 Å². The van der Waals surface area contributed by atoms with E-state index in [0.29, 0.717) is 0 Å². The summed E-state index contributed by atoms with van der Waals surface area (Å²) in [6.07, 6.45) is 1.86. The van der Waals surface area contributed by atoms with Gasteiger partial charge in [0.25, 0.3) is 0 Å². The maximum atomic E-state index is 10.8. The standard InChI is InChI=1S/C7H10O2S/c1-3-10-6-4-5(2)7(8)9-6/h4,6H,3H2,1-2H3. The van der Waals surface area contributed by atoms with E-state index in [1.54, 1.807) is 18.7 Å². The van der Waals surface area contributed by atoms with Crippen LogP contribution in [-0.4, -0.2) is 17.2 Å². The van der Waals surface area contributed by atoms with E-state index >= 15 is 0 Å². The maximum Gasteiger partial charge on any atom is 0.335 e. The summed E-state index contributed by atoms with van der Waals surface area (Å²) in [6, 6.07) is 0. The Morgan fingerprint density at radius 1 is 1.80 bits per heavy atom. The van der Waals surface area contributed by atoms with Crippen LogP contribution in [0.5, 0.6) is 0 Å². The predicted octanol–water partition coefficient (Wildman–Crippen LogP) is 1.57. The number of carbonyl (C=O) groups is 1. The Labute approximate surface area is 64.6 Å². The van der Waals surface area contributed by atoms with Crippen molar-refractivity contribution in [1.82, 2.24) is 0 Å². The molecule has 3 heteroatoms. The number of hydrogen-bond acceptors (Lipinski definition) is 3. The molecular weight excluding hydrogens is 148 g/mol. The van der Waals surface area contributed by atoms with Crippen molar-refractivity contribution in [1.29, 1.82) is 0 Å². The van der Waals surface area contributed by atoms with E-state index in [0.717, 1.165) is 11.3 Å². The highest BCUT2D eigenvalue weighted by molar-refractivity contribution is 7.99. The highest BCUT2D eigenvalue weighted by atomic mass is 32.2. The first kappa shape index (κ1) is 7.66. The number of carbonyl (C=O) groups excluding carboxylic acids is 1. The summed E-state index contributed by atoms with van der Waals surface area (Å²) in [4.78, 5) is 10.8. The lowest BCUT2D eigenvalue weighted by molar-refractivity contribution is -0.136. The Bertz CT molecular complexity index is 174. The molecule has 0 saturated heterocycles. The Morgan fingerprint density at radius 3 is 2.90 bits per heavy atom. The highest BCUT2D eigenvalue weighted by Gasteiger charge is 2.21. The van der Waals surface area contributed by atoms with E-state index in [4.69, 9.17) is 4.74 Å². The molecule has 1 rings (SSSR count). The fraction of sp³-hybridized carbons (Fsp3) is 0.571. The smallest absolute Gasteiger partial charge is 0.335 e. The van der Waals surface area contributed by atoms with Crippen LogP contribution in [0.4, 0.5) is 0 Å². The Hall–Kier alpha value is -0.440. The number of ether oxygens (including phenoxy) is 1. The lowest BCUT2D eigenvalue weighted by atomic mass is 10.3. The average molecular weight is 158 g/mol. The minimum absolute atomic E-state index is 0.0301. The van der Waals surface area contributed by atoms with Crippen molar-refractivity contribution in [2.24, 2.45) is 0 Å². The van der Waals surface area contributed by atoms with E-state index in [1.807, 2.05) is 13.0 Å². The SMILES string of the molecule is CCSC1C=C(C)C(=O)O1. The second-order valence-corrected chi connectivity index (χ2v) is 3.45. The van der Waals surface area contributed by atoms with Crippen molar-refractivity contribution >= 4 is 17.7 Å². The van der Waals surface area contributed by atoms with Crippen LogP contribution in [0.25, 0.3) is 0 Å². The predicted molar refractivity (Wildman–Crippen MR) is 41.8 cm³/mol. The van der Waals surface area contributed by atoms with Gasteiger partial charge in [-0.2, -0.15) is 0 Å². The van der Waals surface area contributed by atoms with Gasteiger partial charge in [0.1, 0.15) is 0 Å². The summed E-state index contributed by atoms with van der Waals surface area (Å²) in [5, 5.41) is 0. The molecule has 0 spiro atoms.